The minimum absolute atomic E-state index is 0.0135. The number of hydrogen-bond acceptors (Lipinski definition) is 3. The van der Waals surface area contributed by atoms with Gasteiger partial charge in [0, 0.05) is 19.6 Å². The van der Waals surface area contributed by atoms with Crippen molar-refractivity contribution in [1.82, 2.24) is 9.88 Å². The summed E-state index contributed by atoms with van der Waals surface area (Å²) in [5.74, 6) is 0.0135. The average Bonchev–Trinajstić information content (AvgIpc) is 2.61. The van der Waals surface area contributed by atoms with Gasteiger partial charge >= 0.3 is 0 Å². The van der Waals surface area contributed by atoms with Crippen molar-refractivity contribution >= 4 is 11.6 Å². The first kappa shape index (κ1) is 15.5. The lowest BCUT2D eigenvalue weighted by molar-refractivity contribution is 0.0729. The number of carbonyl (C=O) groups excluding carboxylic acids is 1. The fourth-order valence-electron chi connectivity index (χ4n) is 2.87. The molecule has 1 amide bonds. The summed E-state index contributed by atoms with van der Waals surface area (Å²) in [7, 11) is 0. The second kappa shape index (κ2) is 7.27. The zero-order valence-electron chi connectivity index (χ0n) is 13.6. The Morgan fingerprint density at radius 1 is 1.22 bits per heavy atom. The van der Waals surface area contributed by atoms with Crippen molar-refractivity contribution in [2.75, 3.05) is 18.4 Å². The van der Waals surface area contributed by atoms with Gasteiger partial charge in [0.05, 0.1) is 11.9 Å². The van der Waals surface area contributed by atoms with Gasteiger partial charge < -0.3 is 10.2 Å². The molecule has 1 aromatic heterocycles. The van der Waals surface area contributed by atoms with Gasteiger partial charge in [0.1, 0.15) is 5.69 Å². The van der Waals surface area contributed by atoms with E-state index in [4.69, 9.17) is 0 Å². The number of nitrogens with zero attached hydrogens (tertiary/aromatic N) is 2. The summed E-state index contributed by atoms with van der Waals surface area (Å²) >= 11 is 0. The van der Waals surface area contributed by atoms with Crippen LogP contribution in [0.2, 0.25) is 0 Å². The monoisotopic (exact) mass is 309 g/mol. The minimum atomic E-state index is 0.0135. The van der Waals surface area contributed by atoms with E-state index in [1.807, 2.05) is 23.1 Å². The summed E-state index contributed by atoms with van der Waals surface area (Å²) in [6.07, 6.45) is 4.96. The van der Waals surface area contributed by atoms with E-state index in [2.05, 4.69) is 35.4 Å². The number of anilines is 1. The number of hydrogen-bond donors (Lipinski definition) is 1. The molecule has 1 aliphatic heterocycles. The van der Waals surface area contributed by atoms with E-state index in [1.165, 1.54) is 11.1 Å². The molecule has 4 nitrogen and oxygen atoms in total. The maximum absolute atomic E-state index is 12.6. The zero-order valence-corrected chi connectivity index (χ0v) is 13.6. The Bertz CT molecular complexity index is 667. The molecule has 0 aliphatic carbocycles. The molecule has 0 atom stereocenters. The fraction of sp³-hybridized carbons (Fsp3) is 0.368. The van der Waals surface area contributed by atoms with Crippen molar-refractivity contribution in [1.29, 1.82) is 0 Å². The number of pyridine rings is 1. The quantitative estimate of drug-likeness (QED) is 0.860. The van der Waals surface area contributed by atoms with E-state index in [9.17, 15) is 4.79 Å². The summed E-state index contributed by atoms with van der Waals surface area (Å²) in [5, 5.41) is 3.32. The van der Waals surface area contributed by atoms with Crippen LogP contribution in [0.15, 0.2) is 42.6 Å². The molecule has 2 heterocycles. The van der Waals surface area contributed by atoms with Gasteiger partial charge in [-0.15, -0.1) is 0 Å². The molecular formula is C19H23N3O. The maximum atomic E-state index is 12.6. The topological polar surface area (TPSA) is 45.2 Å². The van der Waals surface area contributed by atoms with Crippen LogP contribution in [-0.2, 0) is 13.0 Å². The lowest BCUT2D eigenvalue weighted by Crippen LogP contribution is -2.36. The molecule has 0 spiro atoms. The molecule has 120 valence electrons. The molecule has 0 saturated carbocycles. The average molecular weight is 309 g/mol. The lowest BCUT2D eigenvalue weighted by atomic mass is 10.00. The molecule has 0 unspecified atom stereocenters. The van der Waals surface area contributed by atoms with Gasteiger partial charge in [0.2, 0.25) is 0 Å². The summed E-state index contributed by atoms with van der Waals surface area (Å²) in [4.78, 5) is 18.8. The highest BCUT2D eigenvalue weighted by Crippen LogP contribution is 2.20. The van der Waals surface area contributed by atoms with Crippen LogP contribution in [0.3, 0.4) is 0 Å². The molecule has 0 fully saturated rings. The van der Waals surface area contributed by atoms with Crippen LogP contribution >= 0.6 is 0 Å². The standard InChI is InChI=1S/C19H23N3O/c1-2-3-11-20-17-8-9-18(21-13-17)19(23)22-12-10-15-6-4-5-7-16(15)14-22/h4-9,13,20H,2-3,10-12,14H2,1H3. The van der Waals surface area contributed by atoms with Crippen LogP contribution in [-0.4, -0.2) is 28.9 Å². The van der Waals surface area contributed by atoms with Crippen LogP contribution in [0.5, 0.6) is 0 Å². The minimum Gasteiger partial charge on any atom is -0.384 e. The third-order valence-corrected chi connectivity index (χ3v) is 4.26. The third kappa shape index (κ3) is 3.70. The molecular weight excluding hydrogens is 286 g/mol. The molecule has 1 aromatic carbocycles. The predicted molar refractivity (Wildman–Crippen MR) is 92.5 cm³/mol. The summed E-state index contributed by atoms with van der Waals surface area (Å²) in [6.45, 7) is 4.54. The van der Waals surface area contributed by atoms with Crippen LogP contribution < -0.4 is 5.32 Å². The number of fused-ring (bicyclic) bond motifs is 1. The first-order chi connectivity index (χ1) is 11.3. The Kier molecular flexibility index (Phi) is 4.91. The Balaban J connectivity index is 1.64. The Hall–Kier alpha value is -2.36. The molecule has 2 aromatic rings. The van der Waals surface area contributed by atoms with Crippen molar-refractivity contribution in [2.45, 2.75) is 32.7 Å². The Morgan fingerprint density at radius 2 is 2.04 bits per heavy atom. The third-order valence-electron chi connectivity index (χ3n) is 4.26. The molecule has 23 heavy (non-hydrogen) atoms. The zero-order chi connectivity index (χ0) is 16.1. The van der Waals surface area contributed by atoms with Crippen molar-refractivity contribution in [3.63, 3.8) is 0 Å². The SMILES string of the molecule is CCCCNc1ccc(C(=O)N2CCc3ccccc3C2)nc1. The van der Waals surface area contributed by atoms with E-state index in [0.29, 0.717) is 12.2 Å². The number of nitrogens with one attached hydrogen (secondary N) is 1. The van der Waals surface area contributed by atoms with E-state index in [1.54, 1.807) is 6.20 Å². The van der Waals surface area contributed by atoms with Crippen molar-refractivity contribution in [2.24, 2.45) is 0 Å². The van der Waals surface area contributed by atoms with E-state index in [0.717, 1.165) is 38.0 Å². The van der Waals surface area contributed by atoms with Gasteiger partial charge in [0.15, 0.2) is 0 Å². The highest BCUT2D eigenvalue weighted by Gasteiger charge is 2.22. The second-order valence-corrected chi connectivity index (χ2v) is 5.96. The Morgan fingerprint density at radius 3 is 2.78 bits per heavy atom. The normalized spacial score (nSPS) is 13.5. The Labute approximate surface area is 137 Å². The van der Waals surface area contributed by atoms with E-state index in [-0.39, 0.29) is 5.91 Å². The van der Waals surface area contributed by atoms with E-state index < -0.39 is 0 Å². The molecule has 0 bridgehead atoms. The number of rotatable bonds is 5. The van der Waals surface area contributed by atoms with Gasteiger partial charge in [-0.05, 0) is 36.1 Å². The number of benzene rings is 1. The molecule has 4 heteroatoms. The summed E-state index contributed by atoms with van der Waals surface area (Å²) in [6, 6.07) is 12.1. The molecule has 3 rings (SSSR count). The number of amides is 1. The number of aromatic nitrogens is 1. The van der Waals surface area contributed by atoms with Crippen molar-refractivity contribution in [3.8, 4) is 0 Å². The van der Waals surface area contributed by atoms with Gasteiger partial charge in [0.25, 0.3) is 5.91 Å². The van der Waals surface area contributed by atoms with Crippen molar-refractivity contribution in [3.05, 3.63) is 59.4 Å². The molecule has 1 aliphatic rings. The highest BCUT2D eigenvalue weighted by atomic mass is 16.2. The highest BCUT2D eigenvalue weighted by molar-refractivity contribution is 5.92. The van der Waals surface area contributed by atoms with Gasteiger partial charge in [-0.1, -0.05) is 37.6 Å². The molecule has 1 N–H and O–H groups in total. The summed E-state index contributed by atoms with van der Waals surface area (Å²) in [5.41, 5.74) is 4.08. The van der Waals surface area contributed by atoms with Crippen molar-refractivity contribution < 1.29 is 4.79 Å². The largest absolute Gasteiger partial charge is 0.384 e. The van der Waals surface area contributed by atoms with Gasteiger partial charge in [-0.3, -0.25) is 4.79 Å². The lowest BCUT2D eigenvalue weighted by Gasteiger charge is -2.28. The maximum Gasteiger partial charge on any atom is 0.272 e. The van der Waals surface area contributed by atoms with Gasteiger partial charge in [-0.25, -0.2) is 4.98 Å². The predicted octanol–water partition coefficient (Wildman–Crippen LogP) is 3.49. The van der Waals surface area contributed by atoms with Gasteiger partial charge in [-0.2, -0.15) is 0 Å². The first-order valence-corrected chi connectivity index (χ1v) is 8.34. The van der Waals surface area contributed by atoms with Crippen LogP contribution in [0.4, 0.5) is 5.69 Å². The van der Waals surface area contributed by atoms with Crippen LogP contribution in [0.25, 0.3) is 0 Å². The smallest absolute Gasteiger partial charge is 0.272 e. The molecule has 0 saturated heterocycles. The van der Waals surface area contributed by atoms with Crippen LogP contribution in [0, 0.1) is 0 Å². The first-order valence-electron chi connectivity index (χ1n) is 8.34. The number of unbranched alkanes of at least 4 members (excludes halogenated alkanes) is 1. The summed E-state index contributed by atoms with van der Waals surface area (Å²) < 4.78 is 0. The van der Waals surface area contributed by atoms with Crippen LogP contribution in [0.1, 0.15) is 41.4 Å². The van der Waals surface area contributed by atoms with E-state index >= 15 is 0 Å². The second-order valence-electron chi connectivity index (χ2n) is 5.96. The fourth-order valence-corrected chi connectivity index (χ4v) is 2.87. The number of carbonyl (C=O) groups is 1. The molecule has 0 radical (unpaired) electrons.